The highest BCUT2D eigenvalue weighted by Crippen LogP contribution is 2.40. The predicted octanol–water partition coefficient (Wildman–Crippen LogP) is 5.02. The van der Waals surface area contributed by atoms with Crippen molar-refractivity contribution < 1.29 is 18.3 Å². The number of halogens is 2. The number of piperidine rings is 1. The number of aromatic nitrogens is 1. The molecule has 0 radical (unpaired) electrons. The van der Waals surface area contributed by atoms with Gasteiger partial charge in [-0.1, -0.05) is 25.8 Å². The molecule has 2 aliphatic heterocycles. The Morgan fingerprint density at radius 3 is 2.56 bits per heavy atom. The first-order valence-corrected chi connectivity index (χ1v) is 14.7. The number of pyridine rings is 1. The van der Waals surface area contributed by atoms with Gasteiger partial charge >= 0.3 is 0 Å². The molecule has 6 nitrogen and oxygen atoms in total. The van der Waals surface area contributed by atoms with E-state index in [1.807, 2.05) is 29.0 Å². The van der Waals surface area contributed by atoms with Gasteiger partial charge in [0, 0.05) is 69.8 Å². The fraction of sp³-hybridized carbons (Fsp3) is 0.613. The van der Waals surface area contributed by atoms with Crippen LogP contribution in [0.25, 0.3) is 0 Å². The molecule has 39 heavy (non-hydrogen) atoms. The Morgan fingerprint density at radius 1 is 1.05 bits per heavy atom. The van der Waals surface area contributed by atoms with Crippen molar-refractivity contribution in [3.05, 3.63) is 53.7 Å². The van der Waals surface area contributed by atoms with Crippen LogP contribution in [0.1, 0.15) is 45.1 Å². The van der Waals surface area contributed by atoms with Gasteiger partial charge in [-0.2, -0.15) is 0 Å². The number of carbonyl (C=O) groups excluding carboxylic acids is 1. The van der Waals surface area contributed by atoms with Crippen molar-refractivity contribution in [3.8, 4) is 5.88 Å². The molecule has 3 fully saturated rings. The minimum Gasteiger partial charge on any atom is -0.478 e. The molecule has 1 aliphatic carbocycles. The second-order valence-electron chi connectivity index (χ2n) is 11.7. The molecule has 1 amide bonds. The number of nitrogens with zero attached hydrogens (tertiary/aromatic N) is 4. The van der Waals surface area contributed by atoms with E-state index >= 15 is 0 Å². The molecular weight excluding hydrogens is 498 g/mol. The Balaban J connectivity index is 1.19. The van der Waals surface area contributed by atoms with Gasteiger partial charge in [-0.25, -0.2) is 13.8 Å². The normalized spacial score (nSPS) is 24.8. The number of hydrogen-bond acceptors (Lipinski definition) is 5. The third kappa shape index (κ3) is 6.71. The third-order valence-corrected chi connectivity index (χ3v) is 8.85. The maximum absolute atomic E-state index is 13.9. The summed E-state index contributed by atoms with van der Waals surface area (Å²) in [6.45, 7) is 10.3. The number of carbonyl (C=O) groups is 1. The van der Waals surface area contributed by atoms with Gasteiger partial charge in [0.25, 0.3) is 0 Å². The zero-order valence-electron chi connectivity index (χ0n) is 23.3. The minimum atomic E-state index is -0.832. The van der Waals surface area contributed by atoms with Crippen LogP contribution >= 0.6 is 0 Å². The zero-order chi connectivity index (χ0) is 27.4. The highest BCUT2D eigenvalue weighted by molar-refractivity contribution is 5.80. The minimum absolute atomic E-state index is 0.0400. The van der Waals surface area contributed by atoms with E-state index < -0.39 is 11.6 Å². The fourth-order valence-electron chi connectivity index (χ4n) is 7.00. The lowest BCUT2D eigenvalue weighted by atomic mass is 9.69. The number of fused-ring (bicyclic) bond motifs is 1. The standard InChI is InChI=1S/C31H42F2N4O2/c1-3-39-30-11-8-23(18-34-30)16-22(2)19-35-20-24-6-4-5-7-26(24)27(21-35)31(38)37-14-12-36(13-15-37)25-9-10-28(32)29(33)17-25/h8-11,17-18,22,24,26-27H,3-7,12-16,19-21H2,1-2H3/t22-,24-,26-,27+/m0/s1. The molecule has 2 aromatic rings. The number of benzene rings is 1. The van der Waals surface area contributed by atoms with Gasteiger partial charge in [0.1, 0.15) is 0 Å². The smallest absolute Gasteiger partial charge is 0.227 e. The number of anilines is 1. The summed E-state index contributed by atoms with van der Waals surface area (Å²) in [4.78, 5) is 24.9. The van der Waals surface area contributed by atoms with Gasteiger partial charge in [-0.05, 0) is 61.6 Å². The number of hydrogen-bond donors (Lipinski definition) is 0. The Bertz CT molecular complexity index is 1110. The molecule has 0 spiro atoms. The molecule has 3 aliphatic rings. The summed E-state index contributed by atoms with van der Waals surface area (Å²) in [6.07, 6.45) is 7.71. The predicted molar refractivity (Wildman–Crippen MR) is 149 cm³/mol. The quantitative estimate of drug-likeness (QED) is 0.471. The van der Waals surface area contributed by atoms with Gasteiger partial charge in [-0.3, -0.25) is 4.79 Å². The van der Waals surface area contributed by atoms with Crippen molar-refractivity contribution in [2.75, 3.05) is 57.3 Å². The molecular formula is C31H42F2N4O2. The fourth-order valence-corrected chi connectivity index (χ4v) is 7.00. The summed E-state index contributed by atoms with van der Waals surface area (Å²) in [7, 11) is 0. The molecule has 3 heterocycles. The zero-order valence-corrected chi connectivity index (χ0v) is 23.3. The van der Waals surface area contributed by atoms with Crippen LogP contribution in [0.15, 0.2) is 36.5 Å². The van der Waals surface area contributed by atoms with Crippen molar-refractivity contribution >= 4 is 11.6 Å². The summed E-state index contributed by atoms with van der Waals surface area (Å²) in [5.74, 6) is 0.844. The largest absolute Gasteiger partial charge is 0.478 e. The molecule has 212 valence electrons. The first-order valence-electron chi connectivity index (χ1n) is 14.7. The Labute approximate surface area is 231 Å². The van der Waals surface area contributed by atoms with Crippen LogP contribution in [0.3, 0.4) is 0 Å². The number of amides is 1. The van der Waals surface area contributed by atoms with E-state index in [1.54, 1.807) is 6.07 Å². The third-order valence-electron chi connectivity index (χ3n) is 8.85. The molecule has 0 bridgehead atoms. The van der Waals surface area contributed by atoms with Gasteiger partial charge in [0.2, 0.25) is 11.8 Å². The van der Waals surface area contributed by atoms with Crippen molar-refractivity contribution in [3.63, 3.8) is 0 Å². The Kier molecular flexibility index (Phi) is 9.00. The van der Waals surface area contributed by atoms with E-state index in [2.05, 4.69) is 22.9 Å². The van der Waals surface area contributed by atoms with Gasteiger partial charge in [0.15, 0.2) is 11.6 Å². The van der Waals surface area contributed by atoms with Crippen LogP contribution < -0.4 is 9.64 Å². The van der Waals surface area contributed by atoms with Gasteiger partial charge in [-0.15, -0.1) is 0 Å². The van der Waals surface area contributed by atoms with E-state index in [0.717, 1.165) is 32.5 Å². The maximum Gasteiger partial charge on any atom is 0.227 e. The number of likely N-dealkylation sites (tertiary alicyclic amines) is 1. The summed E-state index contributed by atoms with van der Waals surface area (Å²) in [5, 5.41) is 0. The molecule has 2 saturated heterocycles. The molecule has 4 atom stereocenters. The Hall–Kier alpha value is -2.74. The second-order valence-corrected chi connectivity index (χ2v) is 11.7. The SMILES string of the molecule is CCOc1ccc(C[C@H](C)CN2C[C@@H]3CCCC[C@@H]3[C@H](C(=O)N3CCN(c4ccc(F)c(F)c4)CC3)C2)cn1. The number of piperazine rings is 1. The lowest BCUT2D eigenvalue weighted by molar-refractivity contribution is -0.142. The van der Waals surface area contributed by atoms with Crippen molar-refractivity contribution in [1.29, 1.82) is 0 Å². The highest BCUT2D eigenvalue weighted by atomic mass is 19.2. The summed E-state index contributed by atoms with van der Waals surface area (Å²) in [6, 6.07) is 8.10. The van der Waals surface area contributed by atoms with E-state index in [9.17, 15) is 13.6 Å². The lowest BCUT2D eigenvalue weighted by Crippen LogP contribution is -2.57. The Morgan fingerprint density at radius 2 is 1.85 bits per heavy atom. The van der Waals surface area contributed by atoms with E-state index in [4.69, 9.17) is 4.74 Å². The van der Waals surface area contributed by atoms with Crippen LogP contribution in [0.4, 0.5) is 14.5 Å². The van der Waals surface area contributed by atoms with Crippen LogP contribution in [0.2, 0.25) is 0 Å². The van der Waals surface area contributed by atoms with E-state index in [0.29, 0.717) is 62.1 Å². The molecule has 8 heteroatoms. The number of ether oxygens (including phenoxy) is 1. The van der Waals surface area contributed by atoms with E-state index in [-0.39, 0.29) is 11.8 Å². The highest BCUT2D eigenvalue weighted by Gasteiger charge is 2.43. The van der Waals surface area contributed by atoms with Crippen LogP contribution in [0, 0.1) is 35.3 Å². The van der Waals surface area contributed by atoms with Crippen molar-refractivity contribution in [1.82, 2.24) is 14.8 Å². The lowest BCUT2D eigenvalue weighted by Gasteiger charge is -2.48. The molecule has 1 aromatic carbocycles. The first kappa shape index (κ1) is 27.8. The van der Waals surface area contributed by atoms with Crippen molar-refractivity contribution in [2.24, 2.45) is 23.7 Å². The summed E-state index contributed by atoms with van der Waals surface area (Å²) < 4.78 is 32.6. The van der Waals surface area contributed by atoms with Crippen LogP contribution in [-0.4, -0.2) is 73.1 Å². The number of rotatable bonds is 8. The molecule has 0 N–H and O–H groups in total. The van der Waals surface area contributed by atoms with E-state index in [1.165, 1.54) is 37.0 Å². The molecule has 0 unspecified atom stereocenters. The van der Waals surface area contributed by atoms with Crippen LogP contribution in [0.5, 0.6) is 5.88 Å². The molecule has 1 aromatic heterocycles. The summed E-state index contributed by atoms with van der Waals surface area (Å²) >= 11 is 0. The molecule has 5 rings (SSSR count). The topological polar surface area (TPSA) is 48.9 Å². The average molecular weight is 541 g/mol. The van der Waals surface area contributed by atoms with Gasteiger partial charge < -0.3 is 19.4 Å². The van der Waals surface area contributed by atoms with Crippen LogP contribution in [-0.2, 0) is 11.2 Å². The monoisotopic (exact) mass is 540 g/mol. The average Bonchev–Trinajstić information content (AvgIpc) is 2.95. The summed E-state index contributed by atoms with van der Waals surface area (Å²) in [5.41, 5.74) is 1.89. The second kappa shape index (κ2) is 12.6. The first-order chi connectivity index (χ1) is 18.9. The van der Waals surface area contributed by atoms with Crippen molar-refractivity contribution in [2.45, 2.75) is 46.0 Å². The molecule has 1 saturated carbocycles. The van der Waals surface area contributed by atoms with Gasteiger partial charge in [0.05, 0.1) is 12.5 Å². The maximum atomic E-state index is 13.9.